The molecule has 0 radical (unpaired) electrons. The van der Waals surface area contributed by atoms with Crippen LogP contribution in [0.5, 0.6) is 0 Å². The summed E-state index contributed by atoms with van der Waals surface area (Å²) in [6, 6.07) is 9.45. The van der Waals surface area contributed by atoms with E-state index in [0.717, 1.165) is 29.6 Å². The Morgan fingerprint density at radius 1 is 1.05 bits per heavy atom. The van der Waals surface area contributed by atoms with Crippen LogP contribution in [0.1, 0.15) is 61.4 Å². The van der Waals surface area contributed by atoms with Crippen molar-refractivity contribution in [3.63, 3.8) is 0 Å². The molecule has 0 nitrogen and oxygen atoms in total. The van der Waals surface area contributed by atoms with Crippen molar-refractivity contribution in [1.82, 2.24) is 0 Å². The highest BCUT2D eigenvalue weighted by atomic mass is 79.9. The molecule has 0 N–H and O–H groups in total. The van der Waals surface area contributed by atoms with E-state index in [0.29, 0.717) is 10.7 Å². The minimum atomic E-state index is 0.604. The van der Waals surface area contributed by atoms with Crippen LogP contribution in [0, 0.1) is 29.6 Å². The van der Waals surface area contributed by atoms with E-state index in [4.69, 9.17) is 0 Å². The van der Waals surface area contributed by atoms with Gasteiger partial charge in [0, 0.05) is 4.83 Å². The van der Waals surface area contributed by atoms with Crippen LogP contribution in [0.2, 0.25) is 0 Å². The molecular weight excluding hydrogens is 308 g/mol. The molecule has 3 aliphatic rings. The molecule has 6 atom stereocenters. The van der Waals surface area contributed by atoms with Crippen molar-refractivity contribution in [2.24, 2.45) is 29.6 Å². The Labute approximate surface area is 131 Å². The van der Waals surface area contributed by atoms with Gasteiger partial charge in [-0.25, -0.2) is 0 Å². The fourth-order valence-electron chi connectivity index (χ4n) is 5.25. The number of rotatable bonds is 4. The molecule has 0 saturated heterocycles. The smallest absolute Gasteiger partial charge is 0.0429 e. The van der Waals surface area contributed by atoms with E-state index in [1.807, 2.05) is 0 Å². The van der Waals surface area contributed by atoms with Crippen molar-refractivity contribution in [2.45, 2.75) is 50.3 Å². The van der Waals surface area contributed by atoms with Crippen molar-refractivity contribution >= 4 is 15.9 Å². The zero-order valence-corrected chi connectivity index (χ0v) is 14.1. The third-order valence-corrected chi connectivity index (χ3v) is 7.71. The fourth-order valence-corrected chi connectivity index (χ4v) is 6.26. The molecule has 0 aromatic heterocycles. The Bertz CT molecular complexity index is 475. The number of fused-ring (bicyclic) bond motifs is 5. The van der Waals surface area contributed by atoms with Crippen LogP contribution >= 0.6 is 15.9 Å². The zero-order valence-electron chi connectivity index (χ0n) is 12.6. The van der Waals surface area contributed by atoms with Gasteiger partial charge in [-0.2, -0.15) is 0 Å². The number of benzene rings is 1. The largest absolute Gasteiger partial charge is 0.0836 e. The summed E-state index contributed by atoms with van der Waals surface area (Å²) in [6.45, 7) is 4.59. The van der Waals surface area contributed by atoms with E-state index < -0.39 is 0 Å². The van der Waals surface area contributed by atoms with E-state index in [2.05, 4.69) is 54.0 Å². The van der Waals surface area contributed by atoms with Crippen LogP contribution < -0.4 is 0 Å². The third kappa shape index (κ3) is 1.92. The second kappa shape index (κ2) is 4.87. The second-order valence-corrected chi connectivity index (χ2v) is 8.43. The SMILES string of the molecule is CCC(C)c1ccc(C(Br)C2C3C4CCC(C4)C32)cc1. The molecule has 3 fully saturated rings. The number of hydrogen-bond donors (Lipinski definition) is 0. The first-order chi connectivity index (χ1) is 9.70. The Morgan fingerprint density at radius 3 is 2.15 bits per heavy atom. The number of alkyl halides is 1. The maximum Gasteiger partial charge on any atom is 0.0429 e. The van der Waals surface area contributed by atoms with E-state index in [1.54, 1.807) is 6.42 Å². The first kappa shape index (κ1) is 13.4. The maximum atomic E-state index is 4.03. The molecule has 1 heteroatoms. The van der Waals surface area contributed by atoms with Gasteiger partial charge in [-0.15, -0.1) is 0 Å². The summed E-state index contributed by atoms with van der Waals surface area (Å²) in [5.41, 5.74) is 3.00. The number of hydrogen-bond acceptors (Lipinski definition) is 0. The summed E-state index contributed by atoms with van der Waals surface area (Å²) < 4.78 is 0. The van der Waals surface area contributed by atoms with Gasteiger partial charge in [0.2, 0.25) is 0 Å². The highest BCUT2D eigenvalue weighted by molar-refractivity contribution is 9.09. The summed E-state index contributed by atoms with van der Waals surface area (Å²) in [5, 5.41) is 0. The number of halogens is 1. The van der Waals surface area contributed by atoms with Crippen LogP contribution in [-0.2, 0) is 0 Å². The van der Waals surface area contributed by atoms with Gasteiger partial charge >= 0.3 is 0 Å². The Morgan fingerprint density at radius 2 is 1.60 bits per heavy atom. The van der Waals surface area contributed by atoms with Crippen molar-refractivity contribution in [2.75, 3.05) is 0 Å². The first-order valence-electron chi connectivity index (χ1n) is 8.44. The van der Waals surface area contributed by atoms with Gasteiger partial charge in [0.15, 0.2) is 0 Å². The maximum absolute atomic E-state index is 4.03. The fraction of sp³-hybridized carbons (Fsp3) is 0.684. The lowest BCUT2D eigenvalue weighted by molar-refractivity contribution is 0.456. The van der Waals surface area contributed by atoms with E-state index in [-0.39, 0.29) is 0 Å². The third-order valence-electron chi connectivity index (χ3n) is 6.57. The molecule has 0 aliphatic heterocycles. The van der Waals surface area contributed by atoms with Crippen LogP contribution in [-0.4, -0.2) is 0 Å². The van der Waals surface area contributed by atoms with Crippen molar-refractivity contribution < 1.29 is 0 Å². The molecule has 20 heavy (non-hydrogen) atoms. The first-order valence-corrected chi connectivity index (χ1v) is 9.36. The molecule has 3 aliphatic carbocycles. The topological polar surface area (TPSA) is 0 Å². The van der Waals surface area contributed by atoms with Crippen molar-refractivity contribution in [1.29, 1.82) is 0 Å². The highest BCUT2D eigenvalue weighted by Gasteiger charge is 2.66. The quantitative estimate of drug-likeness (QED) is 0.599. The Balaban J connectivity index is 1.48. The molecule has 3 saturated carbocycles. The minimum Gasteiger partial charge on any atom is -0.0836 e. The second-order valence-electron chi connectivity index (χ2n) is 7.44. The van der Waals surface area contributed by atoms with E-state index >= 15 is 0 Å². The summed E-state index contributed by atoms with van der Waals surface area (Å²) in [6.07, 6.45) is 5.83. The van der Waals surface area contributed by atoms with Crippen molar-refractivity contribution in [3.8, 4) is 0 Å². The lowest BCUT2D eigenvalue weighted by Crippen LogP contribution is -2.04. The molecular formula is C19H25Br. The van der Waals surface area contributed by atoms with Gasteiger partial charge in [0.1, 0.15) is 0 Å². The average Bonchev–Trinajstić information content (AvgIpc) is 2.93. The molecule has 0 spiro atoms. The van der Waals surface area contributed by atoms with Gasteiger partial charge in [-0.3, -0.25) is 0 Å². The van der Waals surface area contributed by atoms with E-state index in [9.17, 15) is 0 Å². The van der Waals surface area contributed by atoms with Crippen LogP contribution in [0.15, 0.2) is 24.3 Å². The molecule has 108 valence electrons. The van der Waals surface area contributed by atoms with Gasteiger partial charge in [-0.1, -0.05) is 54.0 Å². The lowest BCUT2D eigenvalue weighted by atomic mass is 9.94. The van der Waals surface area contributed by atoms with Gasteiger partial charge in [0.25, 0.3) is 0 Å². The minimum absolute atomic E-state index is 0.604. The van der Waals surface area contributed by atoms with E-state index in [1.165, 1.54) is 30.4 Å². The highest BCUT2D eigenvalue weighted by Crippen LogP contribution is 2.73. The summed E-state index contributed by atoms with van der Waals surface area (Å²) in [4.78, 5) is 0.604. The predicted octanol–water partition coefficient (Wildman–Crippen LogP) is 5.93. The molecule has 1 aromatic carbocycles. The van der Waals surface area contributed by atoms with Crippen molar-refractivity contribution in [3.05, 3.63) is 35.4 Å². The molecule has 6 unspecified atom stereocenters. The lowest BCUT2D eigenvalue weighted by Gasteiger charge is -2.16. The average molecular weight is 333 g/mol. The van der Waals surface area contributed by atoms with Gasteiger partial charge in [0.05, 0.1) is 0 Å². The molecule has 4 rings (SSSR count). The monoisotopic (exact) mass is 332 g/mol. The standard InChI is InChI=1S/C19H25Br/c1-3-11(2)12-4-6-13(7-5-12)19(20)18-16-14-8-9-15(10-14)17(16)18/h4-7,11,14-19H,3,8-10H2,1-2H3. The Hall–Kier alpha value is -0.300. The summed E-state index contributed by atoms with van der Waals surface area (Å²) in [5.74, 6) is 5.91. The molecule has 2 bridgehead atoms. The molecule has 1 aromatic rings. The summed E-state index contributed by atoms with van der Waals surface area (Å²) in [7, 11) is 0. The molecule has 0 heterocycles. The van der Waals surface area contributed by atoms with Crippen LogP contribution in [0.25, 0.3) is 0 Å². The van der Waals surface area contributed by atoms with Crippen LogP contribution in [0.3, 0.4) is 0 Å². The molecule has 0 amide bonds. The van der Waals surface area contributed by atoms with Crippen LogP contribution in [0.4, 0.5) is 0 Å². The van der Waals surface area contributed by atoms with Gasteiger partial charge in [-0.05, 0) is 72.3 Å². The zero-order chi connectivity index (χ0) is 13.9. The predicted molar refractivity (Wildman–Crippen MR) is 88.1 cm³/mol. The normalized spacial score (nSPS) is 40.5. The Kier molecular flexibility index (Phi) is 3.25. The summed E-state index contributed by atoms with van der Waals surface area (Å²) >= 11 is 4.03. The van der Waals surface area contributed by atoms with Gasteiger partial charge < -0.3 is 0 Å².